The van der Waals surface area contributed by atoms with Gasteiger partial charge in [-0.3, -0.25) is 19.5 Å². The lowest BCUT2D eigenvalue weighted by Crippen LogP contribution is -2.20. The van der Waals surface area contributed by atoms with Crippen molar-refractivity contribution in [2.75, 3.05) is 0 Å². The van der Waals surface area contributed by atoms with E-state index in [0.717, 1.165) is 29.1 Å². The summed E-state index contributed by atoms with van der Waals surface area (Å²) in [6.45, 7) is 0. The molecule has 0 fully saturated rings. The number of ether oxygens (including phenoxy) is 1. The van der Waals surface area contributed by atoms with Crippen LogP contribution in [0.3, 0.4) is 0 Å². The number of fused-ring (bicyclic) bond motifs is 1. The second-order valence-corrected chi connectivity index (χ2v) is 5.95. The molecule has 11 heteroatoms. The van der Waals surface area contributed by atoms with Crippen LogP contribution in [0.2, 0.25) is 0 Å². The Labute approximate surface area is 150 Å². The van der Waals surface area contributed by atoms with Crippen molar-refractivity contribution in [2.24, 2.45) is 0 Å². The van der Waals surface area contributed by atoms with Gasteiger partial charge in [0.2, 0.25) is 5.75 Å². The number of rotatable bonds is 3. The Bertz CT molecular complexity index is 1080. The normalized spacial score (nSPS) is 11.5. The summed E-state index contributed by atoms with van der Waals surface area (Å²) in [5, 5.41) is 11.3. The quantitative estimate of drug-likeness (QED) is 0.464. The van der Waals surface area contributed by atoms with Crippen LogP contribution in [-0.2, 0) is 0 Å². The molecule has 0 atom stereocenters. The summed E-state index contributed by atoms with van der Waals surface area (Å²) >= 11 is 3.25. The molecule has 0 aliphatic heterocycles. The summed E-state index contributed by atoms with van der Waals surface area (Å²) in [5.41, 5.74) is -1.08. The third-order valence-corrected chi connectivity index (χ3v) is 3.86. The predicted molar refractivity (Wildman–Crippen MR) is 88.4 cm³/mol. The van der Waals surface area contributed by atoms with E-state index >= 15 is 0 Å². The molecule has 26 heavy (non-hydrogen) atoms. The Morgan fingerprint density at radius 3 is 2.58 bits per heavy atom. The molecule has 2 aromatic carbocycles. The molecule has 0 bridgehead atoms. The molecule has 0 spiro atoms. The lowest BCUT2D eigenvalue weighted by Gasteiger charge is -2.11. The molecule has 3 aromatic rings. The van der Waals surface area contributed by atoms with E-state index in [4.69, 9.17) is 0 Å². The van der Waals surface area contributed by atoms with E-state index in [2.05, 4.69) is 25.7 Å². The van der Waals surface area contributed by atoms with Crippen LogP contribution in [0.4, 0.5) is 18.9 Å². The monoisotopic (exact) mass is 429 g/mol. The van der Waals surface area contributed by atoms with E-state index in [0.29, 0.717) is 9.99 Å². The predicted octanol–water partition coefficient (Wildman–Crippen LogP) is 3.96. The lowest BCUT2D eigenvalue weighted by atomic mass is 10.2. The van der Waals surface area contributed by atoms with Crippen LogP contribution in [0.25, 0.3) is 16.6 Å². The van der Waals surface area contributed by atoms with Gasteiger partial charge in [0.15, 0.2) is 0 Å². The number of aromatic nitrogens is 2. The van der Waals surface area contributed by atoms with Crippen molar-refractivity contribution in [3.63, 3.8) is 0 Å². The molecule has 1 heterocycles. The second-order valence-electron chi connectivity index (χ2n) is 5.04. The number of nitro groups is 1. The molecule has 0 unspecified atom stereocenters. The molecular formula is C15H7BrF3N3O4. The molecule has 3 rings (SSSR count). The molecule has 1 aromatic heterocycles. The third kappa shape index (κ3) is 3.52. The largest absolute Gasteiger partial charge is 0.573 e. The van der Waals surface area contributed by atoms with Crippen molar-refractivity contribution < 1.29 is 22.8 Å². The fraction of sp³-hybridized carbons (Fsp3) is 0.0667. The highest BCUT2D eigenvalue weighted by atomic mass is 79.9. The van der Waals surface area contributed by atoms with Gasteiger partial charge in [-0.1, -0.05) is 15.9 Å². The SMILES string of the molecule is O=c1c2ccc(Br)cc2ncn1-c1ccc(OC(F)(F)F)c([N+](=O)[O-])c1. The highest BCUT2D eigenvalue weighted by Crippen LogP contribution is 2.33. The number of nitro benzene ring substituents is 1. The zero-order valence-corrected chi connectivity index (χ0v) is 14.1. The zero-order chi connectivity index (χ0) is 19.1. The summed E-state index contributed by atoms with van der Waals surface area (Å²) in [6, 6.07) is 7.44. The molecule has 7 nitrogen and oxygen atoms in total. The number of hydrogen-bond acceptors (Lipinski definition) is 5. The Morgan fingerprint density at radius 2 is 1.92 bits per heavy atom. The van der Waals surface area contributed by atoms with Gasteiger partial charge in [0.05, 0.1) is 21.5 Å². The van der Waals surface area contributed by atoms with Gasteiger partial charge in [-0.15, -0.1) is 13.2 Å². The van der Waals surface area contributed by atoms with Gasteiger partial charge in [0, 0.05) is 10.5 Å². The van der Waals surface area contributed by atoms with Gasteiger partial charge < -0.3 is 4.74 Å². The Hall–Kier alpha value is -2.95. The van der Waals surface area contributed by atoms with Crippen molar-refractivity contribution >= 4 is 32.5 Å². The summed E-state index contributed by atoms with van der Waals surface area (Å²) in [7, 11) is 0. The smallest absolute Gasteiger partial charge is 0.398 e. The van der Waals surface area contributed by atoms with E-state index in [1.54, 1.807) is 12.1 Å². The standard InChI is InChI=1S/C15H7BrF3N3O4/c16-8-1-3-10-11(5-8)20-7-21(14(10)23)9-2-4-13(26-15(17,18)19)12(6-9)22(24)25/h1-7H. The van der Waals surface area contributed by atoms with Crippen LogP contribution in [0.5, 0.6) is 5.75 Å². The molecule has 134 valence electrons. The first-order chi connectivity index (χ1) is 12.2. The lowest BCUT2D eigenvalue weighted by molar-refractivity contribution is -0.388. The van der Waals surface area contributed by atoms with Crippen LogP contribution in [-0.4, -0.2) is 20.8 Å². The van der Waals surface area contributed by atoms with Gasteiger partial charge in [-0.05, 0) is 30.3 Å². The maximum atomic E-state index is 12.6. The average molecular weight is 430 g/mol. The van der Waals surface area contributed by atoms with Crippen molar-refractivity contribution in [3.05, 3.63) is 67.7 Å². The van der Waals surface area contributed by atoms with Crippen LogP contribution in [0, 0.1) is 10.1 Å². The molecule has 0 radical (unpaired) electrons. The van der Waals surface area contributed by atoms with Crippen LogP contribution in [0.15, 0.2) is 52.0 Å². The minimum atomic E-state index is -5.08. The van der Waals surface area contributed by atoms with Crippen molar-refractivity contribution in [3.8, 4) is 11.4 Å². The fourth-order valence-corrected chi connectivity index (χ4v) is 2.64. The van der Waals surface area contributed by atoms with Crippen LogP contribution < -0.4 is 10.3 Å². The van der Waals surface area contributed by atoms with Gasteiger partial charge in [0.25, 0.3) is 5.56 Å². The molecule has 0 aliphatic carbocycles. The summed E-state index contributed by atoms with van der Waals surface area (Å²) in [6.07, 6.45) is -3.94. The molecular weight excluding hydrogens is 423 g/mol. The van der Waals surface area contributed by atoms with E-state index in [-0.39, 0.29) is 11.1 Å². The Balaban J connectivity index is 2.15. The summed E-state index contributed by atoms with van der Waals surface area (Å²) in [4.78, 5) is 26.7. The summed E-state index contributed by atoms with van der Waals surface area (Å²) in [5.74, 6) is -0.975. The topological polar surface area (TPSA) is 87.3 Å². The molecule has 0 saturated carbocycles. The number of halogens is 4. The maximum Gasteiger partial charge on any atom is 0.573 e. The molecule has 0 N–H and O–H groups in total. The average Bonchev–Trinajstić information content (AvgIpc) is 2.54. The van der Waals surface area contributed by atoms with Gasteiger partial charge in [-0.25, -0.2) is 4.98 Å². The first-order valence-corrected chi connectivity index (χ1v) is 7.66. The second kappa shape index (κ2) is 6.41. The van der Waals surface area contributed by atoms with Crippen molar-refractivity contribution in [1.29, 1.82) is 0 Å². The first-order valence-electron chi connectivity index (χ1n) is 6.87. The van der Waals surface area contributed by atoms with Crippen molar-refractivity contribution in [1.82, 2.24) is 9.55 Å². The number of alkyl halides is 3. The van der Waals surface area contributed by atoms with E-state index in [1.807, 2.05) is 0 Å². The highest BCUT2D eigenvalue weighted by molar-refractivity contribution is 9.10. The Kier molecular flexibility index (Phi) is 4.40. The molecule has 0 saturated heterocycles. The highest BCUT2D eigenvalue weighted by Gasteiger charge is 2.34. The maximum absolute atomic E-state index is 12.6. The molecule has 0 amide bonds. The van der Waals surface area contributed by atoms with Gasteiger partial charge >= 0.3 is 12.0 Å². The van der Waals surface area contributed by atoms with Crippen LogP contribution in [0.1, 0.15) is 0 Å². The third-order valence-electron chi connectivity index (χ3n) is 3.36. The van der Waals surface area contributed by atoms with E-state index in [1.165, 1.54) is 6.07 Å². The Morgan fingerprint density at radius 1 is 1.19 bits per heavy atom. The number of nitrogens with zero attached hydrogens (tertiary/aromatic N) is 3. The fourth-order valence-electron chi connectivity index (χ4n) is 2.29. The number of benzene rings is 2. The number of hydrogen-bond donors (Lipinski definition) is 0. The summed E-state index contributed by atoms with van der Waals surface area (Å²) < 4.78 is 42.5. The van der Waals surface area contributed by atoms with E-state index < -0.39 is 28.3 Å². The van der Waals surface area contributed by atoms with E-state index in [9.17, 15) is 28.1 Å². The van der Waals surface area contributed by atoms with Crippen molar-refractivity contribution in [2.45, 2.75) is 6.36 Å². The van der Waals surface area contributed by atoms with Gasteiger partial charge in [-0.2, -0.15) is 0 Å². The minimum Gasteiger partial charge on any atom is -0.398 e. The minimum absolute atomic E-state index is 0.0199. The molecule has 0 aliphatic rings. The van der Waals surface area contributed by atoms with Crippen LogP contribution >= 0.6 is 15.9 Å². The van der Waals surface area contributed by atoms with Gasteiger partial charge in [0.1, 0.15) is 6.33 Å². The zero-order valence-electron chi connectivity index (χ0n) is 12.5. The first kappa shape index (κ1) is 17.9.